The van der Waals surface area contributed by atoms with Crippen molar-refractivity contribution in [1.29, 1.82) is 0 Å². The van der Waals surface area contributed by atoms with E-state index in [0.717, 1.165) is 11.3 Å². The minimum absolute atomic E-state index is 0.696. The van der Waals surface area contributed by atoms with Crippen molar-refractivity contribution in [1.82, 2.24) is 0 Å². The van der Waals surface area contributed by atoms with Gasteiger partial charge in [-0.1, -0.05) is 55.1 Å². The fourth-order valence-electron chi connectivity index (χ4n) is 4.15. The zero-order valence-electron chi connectivity index (χ0n) is 18.0. The Labute approximate surface area is 175 Å². The molecule has 0 fully saturated rings. The highest BCUT2D eigenvalue weighted by molar-refractivity contribution is 8.10. The van der Waals surface area contributed by atoms with Gasteiger partial charge in [0.05, 0.1) is 0 Å². The van der Waals surface area contributed by atoms with Crippen molar-refractivity contribution < 1.29 is 0 Å². The number of allylic oxidation sites excluding steroid dienone is 1. The summed E-state index contributed by atoms with van der Waals surface area (Å²) in [5.74, 6) is 0.696. The van der Waals surface area contributed by atoms with Gasteiger partial charge in [-0.3, -0.25) is 0 Å². The molecule has 0 aromatic heterocycles. The van der Waals surface area contributed by atoms with E-state index in [-0.39, 0.29) is 0 Å². The minimum atomic E-state index is 0.696. The first-order valence-electron chi connectivity index (χ1n) is 10.3. The number of nitrogens with one attached hydrogen (secondary N) is 1. The summed E-state index contributed by atoms with van der Waals surface area (Å²) in [5, 5.41) is 5.54. The van der Waals surface area contributed by atoms with E-state index in [2.05, 4.69) is 75.3 Å². The van der Waals surface area contributed by atoms with Gasteiger partial charge in [0.25, 0.3) is 0 Å². The number of anilines is 1. The van der Waals surface area contributed by atoms with Crippen LogP contribution in [0, 0.1) is 13.8 Å². The third kappa shape index (κ3) is 4.72. The summed E-state index contributed by atoms with van der Waals surface area (Å²) in [5.41, 5.74) is 11.0. The molecule has 0 heterocycles. The highest BCUT2D eigenvalue weighted by atomic mass is 32.2. The van der Waals surface area contributed by atoms with E-state index in [1.165, 1.54) is 63.9 Å². The molecular weight excluding hydrogens is 358 g/mol. The quantitative estimate of drug-likeness (QED) is 0.543. The largest absolute Gasteiger partial charge is 0.388 e. The number of benzene rings is 2. The maximum atomic E-state index is 4.34. The Kier molecular flexibility index (Phi) is 6.72. The van der Waals surface area contributed by atoms with Crippen molar-refractivity contribution in [3.05, 3.63) is 81.3 Å². The maximum absolute atomic E-state index is 4.34. The van der Waals surface area contributed by atoms with Gasteiger partial charge in [0.2, 0.25) is 0 Å². The fraction of sp³-hybridized carbons (Fsp3) is 0.385. The van der Waals surface area contributed by atoms with Crippen LogP contribution in [0.1, 0.15) is 66.0 Å². The summed E-state index contributed by atoms with van der Waals surface area (Å²) < 4.78 is 0. The smallest absolute Gasteiger partial charge is 0.0370 e. The van der Waals surface area contributed by atoms with E-state index in [1.54, 1.807) is 11.8 Å². The average molecular weight is 392 g/mol. The Morgan fingerprint density at radius 2 is 2.00 bits per heavy atom. The lowest BCUT2D eigenvalue weighted by atomic mass is 9.83. The summed E-state index contributed by atoms with van der Waals surface area (Å²) in [6.07, 6.45) is 4.82. The van der Waals surface area contributed by atoms with Crippen LogP contribution in [0.5, 0.6) is 0 Å². The summed E-state index contributed by atoms with van der Waals surface area (Å²) >= 11 is 1.76. The summed E-state index contributed by atoms with van der Waals surface area (Å²) in [4.78, 5) is 1.14. The number of rotatable bonds is 6. The molecule has 0 amide bonds. The second-order valence-electron chi connectivity index (χ2n) is 8.23. The van der Waals surface area contributed by atoms with E-state index in [0.29, 0.717) is 5.92 Å². The summed E-state index contributed by atoms with van der Waals surface area (Å²) in [6.45, 7) is 13.3. The maximum Gasteiger partial charge on any atom is 0.0370 e. The first-order chi connectivity index (χ1) is 13.4. The molecule has 1 aliphatic rings. The van der Waals surface area contributed by atoms with Gasteiger partial charge >= 0.3 is 0 Å². The molecule has 2 aromatic rings. The van der Waals surface area contributed by atoms with Crippen LogP contribution >= 0.6 is 11.8 Å². The molecule has 1 atom stereocenters. The molecule has 1 N–H and O–H groups in total. The Balaban J connectivity index is 1.68. The molecule has 2 heteroatoms. The van der Waals surface area contributed by atoms with Gasteiger partial charge in [-0.15, -0.1) is 0 Å². The third-order valence-corrected chi connectivity index (χ3v) is 6.94. The lowest BCUT2D eigenvalue weighted by molar-refractivity contribution is 0.590. The predicted octanol–water partition coefficient (Wildman–Crippen LogP) is 7.64. The first-order valence-corrected chi connectivity index (χ1v) is 11.2. The first kappa shape index (κ1) is 20.8. The van der Waals surface area contributed by atoms with Crippen LogP contribution in [0.3, 0.4) is 0 Å². The Morgan fingerprint density at radius 1 is 1.21 bits per heavy atom. The molecule has 1 aliphatic carbocycles. The van der Waals surface area contributed by atoms with Gasteiger partial charge in [-0.05, 0) is 97.2 Å². The predicted molar refractivity (Wildman–Crippen MR) is 127 cm³/mol. The van der Waals surface area contributed by atoms with E-state index in [4.69, 9.17) is 0 Å². The topological polar surface area (TPSA) is 12.0 Å². The van der Waals surface area contributed by atoms with Crippen molar-refractivity contribution in [2.24, 2.45) is 0 Å². The Bertz CT molecular complexity index is 907. The average Bonchev–Trinajstić information content (AvgIpc) is 2.68. The van der Waals surface area contributed by atoms with E-state index in [1.807, 2.05) is 7.05 Å². The Morgan fingerprint density at radius 3 is 2.75 bits per heavy atom. The van der Waals surface area contributed by atoms with E-state index < -0.39 is 0 Å². The number of thioether (sulfide) groups is 1. The van der Waals surface area contributed by atoms with Crippen molar-refractivity contribution >= 4 is 22.4 Å². The Hall–Kier alpha value is -1.93. The molecule has 0 bridgehead atoms. The molecule has 0 saturated carbocycles. The van der Waals surface area contributed by atoms with Crippen LogP contribution in [0.15, 0.2) is 47.9 Å². The van der Waals surface area contributed by atoms with Gasteiger partial charge in [0.15, 0.2) is 0 Å². The van der Waals surface area contributed by atoms with Gasteiger partial charge in [-0.25, -0.2) is 0 Å². The monoisotopic (exact) mass is 391 g/mol. The highest BCUT2D eigenvalue weighted by Crippen LogP contribution is 2.35. The standard InChI is InChI=1S/C26H33NS/c1-17(12-24-13-20(4)26(27-6)14-19(24)3)16-28-21(5)22-10-11-25-18(2)8-7-9-23(25)15-22/h10-11,13-16,18,27H,5,7-9,12H2,1-4,6H3/b17-16+. The molecule has 1 unspecified atom stereocenters. The zero-order valence-corrected chi connectivity index (χ0v) is 18.8. The molecule has 28 heavy (non-hydrogen) atoms. The highest BCUT2D eigenvalue weighted by Gasteiger charge is 2.16. The molecule has 148 valence electrons. The van der Waals surface area contributed by atoms with Crippen LogP contribution in [0.4, 0.5) is 5.69 Å². The fourth-order valence-corrected chi connectivity index (χ4v) is 4.84. The normalized spacial score (nSPS) is 16.6. The minimum Gasteiger partial charge on any atom is -0.388 e. The number of aryl methyl sites for hydroxylation is 3. The molecule has 2 aromatic carbocycles. The van der Waals surface area contributed by atoms with Crippen LogP contribution in [-0.2, 0) is 12.8 Å². The van der Waals surface area contributed by atoms with Crippen LogP contribution in [-0.4, -0.2) is 7.05 Å². The molecule has 0 aliphatic heterocycles. The number of hydrogen-bond acceptors (Lipinski definition) is 2. The van der Waals surface area contributed by atoms with Gasteiger partial charge in [0, 0.05) is 17.6 Å². The lowest BCUT2D eigenvalue weighted by Crippen LogP contribution is -2.07. The number of fused-ring (bicyclic) bond motifs is 1. The molecule has 3 rings (SSSR count). The van der Waals surface area contributed by atoms with Gasteiger partial charge < -0.3 is 5.32 Å². The molecular formula is C26H33NS. The van der Waals surface area contributed by atoms with Crippen LogP contribution < -0.4 is 5.32 Å². The van der Waals surface area contributed by atoms with Crippen molar-refractivity contribution in [3.63, 3.8) is 0 Å². The van der Waals surface area contributed by atoms with Crippen molar-refractivity contribution in [3.8, 4) is 0 Å². The van der Waals surface area contributed by atoms with Gasteiger partial charge in [0.1, 0.15) is 0 Å². The summed E-state index contributed by atoms with van der Waals surface area (Å²) in [6, 6.07) is 11.5. The second kappa shape index (κ2) is 9.05. The van der Waals surface area contributed by atoms with Crippen molar-refractivity contribution in [2.75, 3.05) is 12.4 Å². The van der Waals surface area contributed by atoms with Crippen molar-refractivity contribution in [2.45, 2.75) is 59.3 Å². The SMILES string of the molecule is C=C(S/C=C(\C)Cc1cc(C)c(NC)cc1C)c1ccc2c(c1)CCCC2C. The lowest BCUT2D eigenvalue weighted by Gasteiger charge is -2.23. The summed E-state index contributed by atoms with van der Waals surface area (Å²) in [7, 11) is 1.98. The second-order valence-corrected chi connectivity index (χ2v) is 9.20. The van der Waals surface area contributed by atoms with Crippen LogP contribution in [0.25, 0.3) is 4.91 Å². The molecule has 0 radical (unpaired) electrons. The van der Waals surface area contributed by atoms with Gasteiger partial charge in [-0.2, -0.15) is 0 Å². The third-order valence-electron chi connectivity index (χ3n) is 5.90. The van der Waals surface area contributed by atoms with E-state index in [9.17, 15) is 0 Å². The number of hydrogen-bond donors (Lipinski definition) is 1. The molecule has 0 saturated heterocycles. The van der Waals surface area contributed by atoms with Crippen LogP contribution in [0.2, 0.25) is 0 Å². The molecule has 1 nitrogen and oxygen atoms in total. The van der Waals surface area contributed by atoms with E-state index >= 15 is 0 Å². The molecule has 0 spiro atoms. The zero-order chi connectivity index (χ0) is 20.3.